The van der Waals surface area contributed by atoms with Gasteiger partial charge in [-0.3, -0.25) is 18.1 Å². The smallest absolute Gasteiger partial charge is 0.317 e. The molecular weight excluding hydrogens is 365 g/mol. The molecule has 3 N–H and O–H groups in total. The molecular formula is C8H10INO6S. The van der Waals surface area contributed by atoms with Crippen LogP contribution in [-0.4, -0.2) is 31.8 Å². The van der Waals surface area contributed by atoms with Crippen LogP contribution in [0.2, 0.25) is 0 Å². The third kappa shape index (κ3) is 3.04. The van der Waals surface area contributed by atoms with Gasteiger partial charge in [0.15, 0.2) is 5.72 Å². The van der Waals surface area contributed by atoms with Gasteiger partial charge in [-0.25, -0.2) is 0 Å². The van der Waals surface area contributed by atoms with Gasteiger partial charge in [-0.2, -0.15) is 8.42 Å². The van der Waals surface area contributed by atoms with E-state index in [1.54, 1.807) is 0 Å². The Morgan fingerprint density at radius 1 is 1.65 bits per heavy atom. The van der Waals surface area contributed by atoms with Crippen molar-refractivity contribution in [3.05, 3.63) is 23.1 Å². The predicted molar refractivity (Wildman–Crippen MR) is 66.3 cm³/mol. The maximum absolute atomic E-state index is 11.5. The molecule has 0 fully saturated rings. The summed E-state index contributed by atoms with van der Waals surface area (Å²) in [5.41, 5.74) is 4.23. The van der Waals surface area contributed by atoms with Crippen molar-refractivity contribution >= 4 is 39.1 Å². The molecule has 0 spiro atoms. The van der Waals surface area contributed by atoms with Crippen molar-refractivity contribution in [3.63, 3.8) is 0 Å². The summed E-state index contributed by atoms with van der Waals surface area (Å²) >= 11 is 1.49. The van der Waals surface area contributed by atoms with E-state index in [9.17, 15) is 13.2 Å². The zero-order valence-electron chi connectivity index (χ0n) is 8.66. The quantitative estimate of drug-likeness (QED) is 0.312. The van der Waals surface area contributed by atoms with Crippen LogP contribution in [0.1, 0.15) is 0 Å². The van der Waals surface area contributed by atoms with Crippen LogP contribution in [-0.2, 0) is 22.7 Å². The molecule has 0 aromatic carbocycles. The summed E-state index contributed by atoms with van der Waals surface area (Å²) in [4.78, 5) is 11.0. The average molecular weight is 375 g/mol. The number of hydrogen-bond donors (Lipinski definition) is 2. The number of esters is 1. The first kappa shape index (κ1) is 14.6. The Bertz CT molecular complexity index is 484. The molecule has 1 rings (SSSR count). The second-order valence-electron chi connectivity index (χ2n) is 3.31. The third-order valence-electron chi connectivity index (χ3n) is 2.21. The molecule has 7 nitrogen and oxygen atoms in total. The van der Waals surface area contributed by atoms with Crippen LogP contribution in [0.5, 0.6) is 0 Å². The fraction of sp³-hybridized carbons (Fsp3) is 0.375. The number of carbonyl (C=O) groups is 1. The number of carbonyl (C=O) groups excluding carboxylic acids is 1. The van der Waals surface area contributed by atoms with Gasteiger partial charge >= 0.3 is 5.97 Å². The molecule has 1 aliphatic rings. The summed E-state index contributed by atoms with van der Waals surface area (Å²) in [6.07, 6.45) is 3.22. The number of rotatable bonds is 3. The van der Waals surface area contributed by atoms with Gasteiger partial charge in [0.25, 0.3) is 10.1 Å². The van der Waals surface area contributed by atoms with E-state index >= 15 is 0 Å². The minimum Gasteiger partial charge on any atom is -0.468 e. The molecule has 9 heteroatoms. The first-order valence-electron chi connectivity index (χ1n) is 4.29. The third-order valence-corrected chi connectivity index (χ3v) is 3.84. The number of hydrogen-bond acceptors (Lipinski definition) is 6. The average Bonchev–Trinajstić information content (AvgIpc) is 2.27. The maximum Gasteiger partial charge on any atom is 0.317 e. The van der Waals surface area contributed by atoms with E-state index in [0.29, 0.717) is 0 Å². The number of ether oxygens (including phenoxy) is 1. The molecule has 0 bridgehead atoms. The van der Waals surface area contributed by atoms with E-state index in [-0.39, 0.29) is 0 Å². The second kappa shape index (κ2) is 5.02. The van der Waals surface area contributed by atoms with Crippen LogP contribution < -0.4 is 5.73 Å². The molecule has 0 aliphatic heterocycles. The molecule has 2 atom stereocenters. The van der Waals surface area contributed by atoms with Crippen LogP contribution in [0, 0.1) is 5.92 Å². The lowest BCUT2D eigenvalue weighted by molar-refractivity contribution is -0.147. The Kier molecular flexibility index (Phi) is 4.30. The molecule has 0 aromatic heterocycles. The molecule has 0 heterocycles. The molecule has 1 aliphatic carbocycles. The molecule has 96 valence electrons. The van der Waals surface area contributed by atoms with E-state index in [4.69, 9.17) is 13.4 Å². The van der Waals surface area contributed by atoms with Crippen LogP contribution in [0.3, 0.4) is 0 Å². The van der Waals surface area contributed by atoms with Crippen LogP contribution >= 0.6 is 23.0 Å². The van der Waals surface area contributed by atoms with Gasteiger partial charge in [0.1, 0.15) is 28.9 Å². The van der Waals surface area contributed by atoms with Crippen molar-refractivity contribution < 1.29 is 25.6 Å². The minimum atomic E-state index is -4.41. The molecule has 0 saturated heterocycles. The van der Waals surface area contributed by atoms with Gasteiger partial charge in [-0.1, -0.05) is 0 Å². The fourth-order valence-corrected chi connectivity index (χ4v) is 2.26. The van der Waals surface area contributed by atoms with Crippen LogP contribution in [0.15, 0.2) is 23.1 Å². The van der Waals surface area contributed by atoms with E-state index < -0.39 is 32.6 Å². The van der Waals surface area contributed by atoms with Gasteiger partial charge < -0.3 is 4.74 Å². The summed E-state index contributed by atoms with van der Waals surface area (Å²) in [6.45, 7) is 0. The molecule has 0 aromatic rings. The van der Waals surface area contributed by atoms with Crippen molar-refractivity contribution in [1.82, 2.24) is 0 Å². The van der Waals surface area contributed by atoms with Gasteiger partial charge in [0.2, 0.25) is 0 Å². The highest BCUT2D eigenvalue weighted by Crippen LogP contribution is 2.30. The van der Waals surface area contributed by atoms with Gasteiger partial charge in [-0.15, -0.1) is 0 Å². The minimum absolute atomic E-state index is 0.428. The first-order valence-corrected chi connectivity index (χ1v) is 6.61. The Balaban J connectivity index is 3.23. The largest absolute Gasteiger partial charge is 0.468 e. The highest BCUT2D eigenvalue weighted by Gasteiger charge is 2.42. The standard InChI is InChI=1S/C8H10INO6S/c1-15-7(11)6-4-5(17(12,13)14)2-3-8(6,10)16-9/h2-4,6H,10H2,1H3,(H,12,13,14). The molecule has 0 radical (unpaired) electrons. The highest BCUT2D eigenvalue weighted by molar-refractivity contribution is 14.1. The van der Waals surface area contributed by atoms with E-state index in [1.807, 2.05) is 0 Å². The van der Waals surface area contributed by atoms with E-state index in [1.165, 1.54) is 29.1 Å². The van der Waals surface area contributed by atoms with E-state index in [2.05, 4.69) is 4.74 Å². The SMILES string of the molecule is COC(=O)C1C=C(S(=O)(=O)O)C=CC1(N)OI. The Morgan fingerprint density at radius 3 is 2.65 bits per heavy atom. The zero-order valence-corrected chi connectivity index (χ0v) is 11.6. The summed E-state index contributed by atoms with van der Waals surface area (Å²) in [7, 11) is -3.27. The summed E-state index contributed by atoms with van der Waals surface area (Å²) < 4.78 is 40.2. The molecule has 2 unspecified atom stereocenters. The van der Waals surface area contributed by atoms with Crippen molar-refractivity contribution in [2.75, 3.05) is 7.11 Å². The Hall–Kier alpha value is -0.490. The Morgan fingerprint density at radius 2 is 2.24 bits per heavy atom. The van der Waals surface area contributed by atoms with Gasteiger partial charge in [0, 0.05) is 0 Å². The van der Waals surface area contributed by atoms with Crippen molar-refractivity contribution in [2.45, 2.75) is 5.72 Å². The highest BCUT2D eigenvalue weighted by atomic mass is 127. The number of nitrogens with two attached hydrogens (primary N) is 1. The summed E-state index contributed by atoms with van der Waals surface area (Å²) in [6, 6.07) is 0. The second-order valence-corrected chi connectivity index (χ2v) is 5.17. The van der Waals surface area contributed by atoms with Crippen LogP contribution in [0.25, 0.3) is 0 Å². The zero-order chi connectivity index (χ0) is 13.3. The van der Waals surface area contributed by atoms with Gasteiger partial charge in [-0.05, 0) is 18.2 Å². The Labute approximate surface area is 112 Å². The molecule has 17 heavy (non-hydrogen) atoms. The first-order chi connectivity index (χ1) is 7.74. The number of halogens is 1. The summed E-state index contributed by atoms with van der Waals surface area (Å²) in [5, 5.41) is 0. The van der Waals surface area contributed by atoms with Crippen molar-refractivity contribution in [2.24, 2.45) is 11.7 Å². The molecule has 0 saturated carbocycles. The van der Waals surface area contributed by atoms with E-state index in [0.717, 1.165) is 19.3 Å². The van der Waals surface area contributed by atoms with Gasteiger partial charge in [0.05, 0.1) is 12.0 Å². The van der Waals surface area contributed by atoms with Crippen LogP contribution in [0.4, 0.5) is 0 Å². The topological polar surface area (TPSA) is 116 Å². The monoisotopic (exact) mass is 375 g/mol. The molecule has 0 amide bonds. The maximum atomic E-state index is 11.5. The lowest BCUT2D eigenvalue weighted by atomic mass is 9.92. The fourth-order valence-electron chi connectivity index (χ4n) is 1.29. The summed E-state index contributed by atoms with van der Waals surface area (Å²) in [5.74, 6) is -1.93. The number of methoxy groups -OCH3 is 1. The predicted octanol–water partition coefficient (Wildman–Crippen LogP) is 0.139. The van der Waals surface area contributed by atoms with Crippen molar-refractivity contribution in [3.8, 4) is 0 Å². The number of allylic oxidation sites excluding steroid dienone is 1. The lowest BCUT2D eigenvalue weighted by Gasteiger charge is -2.30. The normalized spacial score (nSPS) is 28.7. The lowest BCUT2D eigenvalue weighted by Crippen LogP contribution is -2.50. The van der Waals surface area contributed by atoms with Crippen molar-refractivity contribution in [1.29, 1.82) is 0 Å².